The molecule has 0 spiro atoms. The fourth-order valence-corrected chi connectivity index (χ4v) is 2.21. The van der Waals surface area contributed by atoms with Gasteiger partial charge < -0.3 is 15.6 Å². The van der Waals surface area contributed by atoms with E-state index in [1.807, 2.05) is 0 Å². The lowest BCUT2D eigenvalue weighted by Gasteiger charge is -2.15. The number of anilines is 1. The van der Waals surface area contributed by atoms with Crippen molar-refractivity contribution in [1.29, 1.82) is 0 Å². The minimum absolute atomic E-state index is 0.0810. The molecule has 1 fully saturated rings. The van der Waals surface area contributed by atoms with Gasteiger partial charge in [-0.3, -0.25) is 4.57 Å². The van der Waals surface area contributed by atoms with Crippen LogP contribution in [0.3, 0.4) is 0 Å². The fourth-order valence-electron chi connectivity index (χ4n) is 2.21. The number of nitrogens with zero attached hydrogens (tertiary/aromatic N) is 5. The van der Waals surface area contributed by atoms with Gasteiger partial charge in [-0.25, -0.2) is 4.79 Å². The summed E-state index contributed by atoms with van der Waals surface area (Å²) in [6.45, 7) is -0.311. The number of rotatable bonds is 4. The van der Waals surface area contributed by atoms with E-state index in [2.05, 4.69) is 20.9 Å². The highest BCUT2D eigenvalue weighted by Crippen LogP contribution is 2.30. The SMILES string of the molecule is C#CCc1cn([C@H]2C[C@@H](N=[N+]=[N-])[C@@H](CO)O2)c(=O)nc1N. The fraction of sp³-hybridized carbons (Fsp3) is 0.500. The van der Waals surface area contributed by atoms with Gasteiger partial charge in [0, 0.05) is 29.5 Å². The summed E-state index contributed by atoms with van der Waals surface area (Å²) in [5.41, 5.74) is 14.1. The lowest BCUT2D eigenvalue weighted by atomic mass is 10.1. The van der Waals surface area contributed by atoms with Crippen LogP contribution in [0, 0.1) is 12.3 Å². The molecule has 0 aromatic carbocycles. The summed E-state index contributed by atoms with van der Waals surface area (Å²) in [6.07, 6.45) is 5.87. The summed E-state index contributed by atoms with van der Waals surface area (Å²) in [5, 5.41) is 12.8. The number of azide groups is 1. The number of nitrogens with two attached hydrogens (primary N) is 1. The van der Waals surface area contributed by atoms with E-state index in [0.29, 0.717) is 5.56 Å². The van der Waals surface area contributed by atoms with Crippen LogP contribution < -0.4 is 11.4 Å². The minimum Gasteiger partial charge on any atom is -0.394 e. The van der Waals surface area contributed by atoms with Gasteiger partial charge in [0.15, 0.2) is 0 Å². The minimum atomic E-state index is -0.685. The summed E-state index contributed by atoms with van der Waals surface area (Å²) in [5.74, 6) is 2.51. The zero-order valence-electron chi connectivity index (χ0n) is 11.1. The van der Waals surface area contributed by atoms with Gasteiger partial charge in [-0.15, -0.1) is 12.3 Å². The third-order valence-corrected chi connectivity index (χ3v) is 3.25. The van der Waals surface area contributed by atoms with Crippen molar-refractivity contribution in [2.24, 2.45) is 5.11 Å². The molecule has 0 radical (unpaired) electrons. The van der Waals surface area contributed by atoms with E-state index in [0.717, 1.165) is 0 Å². The molecule has 2 rings (SSSR count). The molecule has 1 aliphatic heterocycles. The molecule has 2 heterocycles. The van der Waals surface area contributed by atoms with Gasteiger partial charge in [0.05, 0.1) is 18.8 Å². The lowest BCUT2D eigenvalue weighted by Crippen LogP contribution is -2.29. The monoisotopic (exact) mass is 290 g/mol. The summed E-state index contributed by atoms with van der Waals surface area (Å²) in [7, 11) is 0. The van der Waals surface area contributed by atoms with Gasteiger partial charge in [-0.1, -0.05) is 5.11 Å². The Hall–Kier alpha value is -2.53. The molecule has 9 nitrogen and oxygen atoms in total. The second-order valence-electron chi connectivity index (χ2n) is 4.54. The maximum Gasteiger partial charge on any atom is 0.351 e. The molecule has 21 heavy (non-hydrogen) atoms. The first-order chi connectivity index (χ1) is 10.1. The molecule has 0 unspecified atom stereocenters. The van der Waals surface area contributed by atoms with Crippen LogP contribution in [0.1, 0.15) is 18.2 Å². The van der Waals surface area contributed by atoms with E-state index < -0.39 is 24.1 Å². The molecule has 3 N–H and O–H groups in total. The Kier molecular flexibility index (Phi) is 4.45. The molecule has 3 atom stereocenters. The van der Waals surface area contributed by atoms with E-state index >= 15 is 0 Å². The first-order valence-electron chi connectivity index (χ1n) is 6.22. The topological polar surface area (TPSA) is 139 Å². The number of aromatic nitrogens is 2. The average Bonchev–Trinajstić information content (AvgIpc) is 2.85. The quantitative estimate of drug-likeness (QED) is 0.346. The molecule has 1 aliphatic rings. The first kappa shape index (κ1) is 14.9. The normalized spacial score (nSPS) is 24.3. The largest absolute Gasteiger partial charge is 0.394 e. The molecule has 0 saturated carbocycles. The molecule has 1 saturated heterocycles. The predicted molar refractivity (Wildman–Crippen MR) is 74.0 cm³/mol. The van der Waals surface area contributed by atoms with Crippen molar-refractivity contribution in [3.8, 4) is 12.3 Å². The second-order valence-corrected chi connectivity index (χ2v) is 4.54. The lowest BCUT2D eigenvalue weighted by molar-refractivity contribution is -0.0270. The van der Waals surface area contributed by atoms with Crippen molar-refractivity contribution in [2.45, 2.75) is 31.2 Å². The van der Waals surface area contributed by atoms with Crippen LogP contribution >= 0.6 is 0 Å². The third-order valence-electron chi connectivity index (χ3n) is 3.25. The highest BCUT2D eigenvalue weighted by atomic mass is 16.5. The van der Waals surface area contributed by atoms with E-state index in [1.165, 1.54) is 10.8 Å². The predicted octanol–water partition coefficient (Wildman–Crippen LogP) is -0.0401. The number of aliphatic hydroxyl groups is 1. The molecule has 9 heteroatoms. The maximum atomic E-state index is 11.9. The summed E-state index contributed by atoms with van der Waals surface area (Å²) >= 11 is 0. The Bertz CT molecular complexity index is 673. The van der Waals surface area contributed by atoms with Gasteiger partial charge in [0.2, 0.25) is 0 Å². The van der Waals surface area contributed by atoms with Crippen LogP contribution in [0.4, 0.5) is 5.82 Å². The summed E-state index contributed by atoms with van der Waals surface area (Å²) in [4.78, 5) is 18.3. The van der Waals surface area contributed by atoms with Crippen molar-refractivity contribution in [2.75, 3.05) is 12.3 Å². The number of hydrogen-bond acceptors (Lipinski definition) is 6. The van der Waals surface area contributed by atoms with Crippen molar-refractivity contribution in [3.63, 3.8) is 0 Å². The molecular formula is C12H14N6O3. The van der Waals surface area contributed by atoms with Crippen LogP contribution in [0.5, 0.6) is 0 Å². The van der Waals surface area contributed by atoms with Gasteiger partial charge >= 0.3 is 5.69 Å². The number of nitrogen functional groups attached to an aromatic ring is 1. The van der Waals surface area contributed by atoms with Gasteiger partial charge in [0.1, 0.15) is 12.0 Å². The van der Waals surface area contributed by atoms with Crippen molar-refractivity contribution in [3.05, 3.63) is 32.7 Å². The van der Waals surface area contributed by atoms with E-state index in [1.54, 1.807) is 0 Å². The molecule has 1 aromatic heterocycles. The number of hydrogen-bond donors (Lipinski definition) is 2. The molecule has 0 amide bonds. The number of aliphatic hydroxyl groups excluding tert-OH is 1. The summed E-state index contributed by atoms with van der Waals surface area (Å²) in [6, 6.07) is -0.550. The number of terminal acetylenes is 1. The van der Waals surface area contributed by atoms with E-state index in [4.69, 9.17) is 22.4 Å². The van der Waals surface area contributed by atoms with E-state index in [-0.39, 0.29) is 25.3 Å². The highest BCUT2D eigenvalue weighted by molar-refractivity contribution is 5.39. The Morgan fingerprint density at radius 1 is 1.76 bits per heavy atom. The number of ether oxygens (including phenoxy) is 1. The Morgan fingerprint density at radius 3 is 3.14 bits per heavy atom. The second kappa shape index (κ2) is 6.28. The average molecular weight is 290 g/mol. The highest BCUT2D eigenvalue weighted by Gasteiger charge is 2.35. The van der Waals surface area contributed by atoms with Crippen LogP contribution in [0.25, 0.3) is 10.4 Å². The van der Waals surface area contributed by atoms with Crippen LogP contribution in [-0.4, -0.2) is 33.4 Å². The smallest absolute Gasteiger partial charge is 0.351 e. The van der Waals surface area contributed by atoms with Crippen LogP contribution in [0.15, 0.2) is 16.1 Å². The van der Waals surface area contributed by atoms with E-state index in [9.17, 15) is 9.90 Å². The van der Waals surface area contributed by atoms with Crippen LogP contribution in [0.2, 0.25) is 0 Å². The zero-order chi connectivity index (χ0) is 15.4. The molecular weight excluding hydrogens is 276 g/mol. The Morgan fingerprint density at radius 2 is 2.52 bits per heavy atom. The third kappa shape index (κ3) is 2.98. The van der Waals surface area contributed by atoms with Gasteiger partial charge in [-0.2, -0.15) is 4.98 Å². The molecule has 0 bridgehead atoms. The molecule has 0 aliphatic carbocycles. The maximum absolute atomic E-state index is 11.9. The Balaban J connectivity index is 2.35. The molecule has 1 aromatic rings. The Labute approximate surface area is 120 Å². The summed E-state index contributed by atoms with van der Waals surface area (Å²) < 4.78 is 6.78. The van der Waals surface area contributed by atoms with Crippen molar-refractivity contribution >= 4 is 5.82 Å². The van der Waals surface area contributed by atoms with Crippen LogP contribution in [-0.2, 0) is 11.2 Å². The van der Waals surface area contributed by atoms with Crippen molar-refractivity contribution in [1.82, 2.24) is 9.55 Å². The standard InChI is InChI=1S/C12H14N6O3/c1-2-3-7-5-18(12(20)15-11(7)13)10-4-8(16-17-14)9(6-19)21-10/h1,5,8-10,19H,3-4,6H2,(H2,13,15,20)/t8-,9-,10-/m1/s1. The van der Waals surface area contributed by atoms with Gasteiger partial charge in [0.25, 0.3) is 0 Å². The molecule has 110 valence electrons. The first-order valence-corrected chi connectivity index (χ1v) is 6.22. The zero-order valence-corrected chi connectivity index (χ0v) is 11.1. The van der Waals surface area contributed by atoms with Crippen molar-refractivity contribution < 1.29 is 9.84 Å². The van der Waals surface area contributed by atoms with Gasteiger partial charge in [-0.05, 0) is 5.53 Å².